The number of pyridine rings is 1. The van der Waals surface area contributed by atoms with Crippen LogP contribution in [0.5, 0.6) is 0 Å². The van der Waals surface area contributed by atoms with Gasteiger partial charge in [-0.1, -0.05) is 32.6 Å². The van der Waals surface area contributed by atoms with Gasteiger partial charge in [0.15, 0.2) is 0 Å². The molecular weight excluding hydrogens is 332 g/mol. The molecule has 1 N–H and O–H groups in total. The second-order valence-corrected chi connectivity index (χ2v) is 5.96. The van der Waals surface area contributed by atoms with Crippen LogP contribution >= 0.6 is 15.9 Å². The van der Waals surface area contributed by atoms with Crippen molar-refractivity contribution in [1.29, 1.82) is 0 Å². The third kappa shape index (κ3) is 7.05. The van der Waals surface area contributed by atoms with Crippen LogP contribution in [0.25, 0.3) is 0 Å². The van der Waals surface area contributed by atoms with Gasteiger partial charge in [-0.15, -0.1) is 0 Å². The summed E-state index contributed by atoms with van der Waals surface area (Å²) >= 11 is 3.29. The van der Waals surface area contributed by atoms with Crippen molar-refractivity contribution < 1.29 is 9.90 Å². The summed E-state index contributed by atoms with van der Waals surface area (Å²) in [4.78, 5) is 18.4. The van der Waals surface area contributed by atoms with E-state index in [2.05, 4.69) is 27.8 Å². The normalized spacial score (nSPS) is 10.6. The number of halogens is 1. The minimum Gasteiger partial charge on any atom is -0.396 e. The van der Waals surface area contributed by atoms with Crippen molar-refractivity contribution in [1.82, 2.24) is 9.88 Å². The maximum atomic E-state index is 12.5. The number of nitrogens with zero attached hydrogens (tertiary/aromatic N) is 2. The lowest BCUT2D eigenvalue weighted by molar-refractivity contribution is 0.0741. The van der Waals surface area contributed by atoms with E-state index in [0.717, 1.165) is 19.4 Å². The molecule has 0 saturated heterocycles. The number of aliphatic hydroxyl groups is 1. The molecule has 1 rings (SSSR count). The molecule has 1 aromatic rings. The van der Waals surface area contributed by atoms with Gasteiger partial charge in [0.2, 0.25) is 0 Å². The lowest BCUT2D eigenvalue weighted by Gasteiger charge is -2.22. The van der Waals surface area contributed by atoms with Crippen molar-refractivity contribution in [2.24, 2.45) is 0 Å². The summed E-state index contributed by atoms with van der Waals surface area (Å²) in [7, 11) is 0. The van der Waals surface area contributed by atoms with Gasteiger partial charge in [-0.05, 0) is 40.9 Å². The monoisotopic (exact) mass is 356 g/mol. The fourth-order valence-electron chi connectivity index (χ4n) is 2.20. The summed E-state index contributed by atoms with van der Waals surface area (Å²) in [5.74, 6) is 0.0158. The zero-order chi connectivity index (χ0) is 15.5. The maximum Gasteiger partial charge on any atom is 0.254 e. The molecule has 0 radical (unpaired) electrons. The number of hydrogen-bond acceptors (Lipinski definition) is 3. The van der Waals surface area contributed by atoms with Crippen LogP contribution in [0.2, 0.25) is 0 Å². The zero-order valence-corrected chi connectivity index (χ0v) is 14.3. The van der Waals surface area contributed by atoms with Gasteiger partial charge in [-0.3, -0.25) is 4.79 Å². The minimum absolute atomic E-state index is 0.0158. The highest BCUT2D eigenvalue weighted by Crippen LogP contribution is 2.12. The fourth-order valence-corrected chi connectivity index (χ4v) is 2.57. The number of rotatable bonds is 10. The fraction of sp³-hybridized carbons (Fsp3) is 0.625. The van der Waals surface area contributed by atoms with E-state index in [-0.39, 0.29) is 12.5 Å². The minimum atomic E-state index is 0.0158. The molecule has 0 aliphatic heterocycles. The molecule has 0 spiro atoms. The Morgan fingerprint density at radius 1 is 1.24 bits per heavy atom. The van der Waals surface area contributed by atoms with Gasteiger partial charge in [-0.2, -0.15) is 0 Å². The molecule has 0 saturated carbocycles. The maximum absolute atomic E-state index is 12.5. The van der Waals surface area contributed by atoms with Crippen LogP contribution in [0, 0.1) is 0 Å². The Balaban J connectivity index is 2.56. The van der Waals surface area contributed by atoms with Gasteiger partial charge < -0.3 is 10.0 Å². The molecule has 5 heteroatoms. The SMILES string of the molecule is CCCCCCCN(CCCO)C(=O)c1ccnc(Br)c1. The first-order chi connectivity index (χ1) is 10.2. The van der Waals surface area contributed by atoms with E-state index < -0.39 is 0 Å². The lowest BCUT2D eigenvalue weighted by atomic mass is 10.1. The first-order valence-corrected chi connectivity index (χ1v) is 8.50. The van der Waals surface area contributed by atoms with Crippen LogP contribution in [0.4, 0.5) is 0 Å². The summed E-state index contributed by atoms with van der Waals surface area (Å²) in [6.07, 6.45) is 8.11. The number of amides is 1. The largest absolute Gasteiger partial charge is 0.396 e. The highest BCUT2D eigenvalue weighted by molar-refractivity contribution is 9.10. The molecule has 4 nitrogen and oxygen atoms in total. The van der Waals surface area contributed by atoms with Crippen LogP contribution < -0.4 is 0 Å². The average Bonchev–Trinajstić information content (AvgIpc) is 2.49. The average molecular weight is 357 g/mol. The van der Waals surface area contributed by atoms with E-state index in [4.69, 9.17) is 5.11 Å². The van der Waals surface area contributed by atoms with E-state index in [9.17, 15) is 4.79 Å². The van der Waals surface area contributed by atoms with Crippen molar-refractivity contribution >= 4 is 21.8 Å². The molecule has 0 aromatic carbocycles. The molecule has 0 fully saturated rings. The molecule has 1 heterocycles. The van der Waals surface area contributed by atoms with Crippen molar-refractivity contribution in [3.05, 3.63) is 28.5 Å². The van der Waals surface area contributed by atoms with Crippen molar-refractivity contribution in [3.63, 3.8) is 0 Å². The van der Waals surface area contributed by atoms with E-state index in [1.807, 2.05) is 4.90 Å². The second kappa shape index (κ2) is 10.7. The third-order valence-corrected chi connectivity index (χ3v) is 3.81. The first kappa shape index (κ1) is 18.1. The number of carbonyl (C=O) groups excluding carboxylic acids is 1. The van der Waals surface area contributed by atoms with Gasteiger partial charge in [0, 0.05) is 31.5 Å². The third-order valence-electron chi connectivity index (χ3n) is 3.38. The summed E-state index contributed by atoms with van der Waals surface area (Å²) < 4.78 is 0.665. The molecular formula is C16H25BrN2O2. The standard InChI is InChI=1S/C16H25BrN2O2/c1-2-3-4-5-6-10-19(11-7-12-20)16(21)14-8-9-18-15(17)13-14/h8-9,13,20H,2-7,10-12H2,1H3. The van der Waals surface area contributed by atoms with E-state index in [1.165, 1.54) is 19.3 Å². The number of aromatic nitrogens is 1. The van der Waals surface area contributed by atoms with Gasteiger partial charge >= 0.3 is 0 Å². The molecule has 0 atom stereocenters. The Kier molecular flexibility index (Phi) is 9.26. The van der Waals surface area contributed by atoms with Crippen LogP contribution in [-0.2, 0) is 0 Å². The Morgan fingerprint density at radius 2 is 1.95 bits per heavy atom. The Morgan fingerprint density at radius 3 is 2.62 bits per heavy atom. The number of unbranched alkanes of at least 4 members (excludes halogenated alkanes) is 4. The van der Waals surface area contributed by atoms with Crippen LogP contribution in [0.15, 0.2) is 22.9 Å². The molecule has 118 valence electrons. The van der Waals surface area contributed by atoms with Gasteiger partial charge in [0.1, 0.15) is 4.60 Å². The second-order valence-electron chi connectivity index (χ2n) is 5.15. The highest BCUT2D eigenvalue weighted by atomic mass is 79.9. The van der Waals surface area contributed by atoms with E-state index in [1.54, 1.807) is 18.3 Å². The highest BCUT2D eigenvalue weighted by Gasteiger charge is 2.15. The van der Waals surface area contributed by atoms with Crippen molar-refractivity contribution in [3.8, 4) is 0 Å². The molecule has 0 unspecified atom stereocenters. The number of hydrogen-bond donors (Lipinski definition) is 1. The number of aliphatic hydroxyl groups excluding tert-OH is 1. The summed E-state index contributed by atoms with van der Waals surface area (Å²) in [5.41, 5.74) is 0.642. The Labute approximate surface area is 135 Å². The van der Waals surface area contributed by atoms with E-state index >= 15 is 0 Å². The number of carbonyl (C=O) groups is 1. The predicted octanol–water partition coefficient (Wildman–Crippen LogP) is 3.64. The van der Waals surface area contributed by atoms with E-state index in [0.29, 0.717) is 23.1 Å². The molecule has 0 bridgehead atoms. The van der Waals surface area contributed by atoms with Crippen LogP contribution in [0.3, 0.4) is 0 Å². The molecule has 1 amide bonds. The topological polar surface area (TPSA) is 53.4 Å². The Hall–Kier alpha value is -0.940. The predicted molar refractivity (Wildman–Crippen MR) is 88.3 cm³/mol. The van der Waals surface area contributed by atoms with Gasteiger partial charge in [0.05, 0.1) is 0 Å². The van der Waals surface area contributed by atoms with Crippen LogP contribution in [-0.4, -0.2) is 40.6 Å². The molecule has 21 heavy (non-hydrogen) atoms. The molecule has 0 aliphatic rings. The quantitative estimate of drug-likeness (QED) is 0.514. The lowest BCUT2D eigenvalue weighted by Crippen LogP contribution is -2.33. The molecule has 0 aliphatic carbocycles. The summed E-state index contributed by atoms with van der Waals surface area (Å²) in [6.45, 7) is 3.66. The van der Waals surface area contributed by atoms with Gasteiger partial charge in [-0.25, -0.2) is 4.98 Å². The van der Waals surface area contributed by atoms with Crippen molar-refractivity contribution in [2.45, 2.75) is 45.4 Å². The summed E-state index contributed by atoms with van der Waals surface area (Å²) in [5, 5.41) is 9.00. The first-order valence-electron chi connectivity index (χ1n) is 7.70. The van der Waals surface area contributed by atoms with Crippen molar-refractivity contribution in [2.75, 3.05) is 19.7 Å². The van der Waals surface area contributed by atoms with Gasteiger partial charge in [0.25, 0.3) is 5.91 Å². The zero-order valence-electron chi connectivity index (χ0n) is 12.7. The smallest absolute Gasteiger partial charge is 0.254 e. The molecule has 1 aromatic heterocycles. The van der Waals surface area contributed by atoms with Crippen LogP contribution in [0.1, 0.15) is 55.8 Å². The Bertz CT molecular complexity index is 426. The summed E-state index contributed by atoms with van der Waals surface area (Å²) in [6, 6.07) is 3.47.